The number of hydrogen-bond donors (Lipinski definition) is 0. The molecule has 11 aromatic rings. The van der Waals surface area contributed by atoms with E-state index < -0.39 is 5.41 Å². The molecule has 0 bridgehead atoms. The maximum atomic E-state index is 2.55. The van der Waals surface area contributed by atoms with Crippen molar-refractivity contribution in [3.8, 4) is 50.2 Å². The topological polar surface area (TPSA) is 8.17 Å². The van der Waals surface area contributed by atoms with Gasteiger partial charge in [0.05, 0.1) is 33.5 Å². The molecule has 14 rings (SSSR count). The van der Waals surface area contributed by atoms with Crippen LogP contribution in [0.2, 0.25) is 0 Å². The molecule has 0 saturated heterocycles. The highest BCUT2D eigenvalue weighted by Crippen LogP contribution is 2.62. The summed E-state index contributed by atoms with van der Waals surface area (Å²) < 4.78 is 2.55. The molecule has 2 heteroatoms. The Labute approximate surface area is 385 Å². The number of para-hydroxylation sites is 3. The fourth-order valence-corrected chi connectivity index (χ4v) is 12.5. The number of anilines is 3. The van der Waals surface area contributed by atoms with Gasteiger partial charge in [0.1, 0.15) is 0 Å². The van der Waals surface area contributed by atoms with Crippen molar-refractivity contribution in [3.05, 3.63) is 264 Å². The van der Waals surface area contributed by atoms with Crippen LogP contribution in [0.4, 0.5) is 17.1 Å². The summed E-state index contributed by atoms with van der Waals surface area (Å²) in [7, 11) is 0. The van der Waals surface area contributed by atoms with Crippen molar-refractivity contribution >= 4 is 38.9 Å². The van der Waals surface area contributed by atoms with Gasteiger partial charge in [-0.15, -0.1) is 0 Å². The Morgan fingerprint density at radius 1 is 0.364 bits per heavy atom. The lowest BCUT2D eigenvalue weighted by Crippen LogP contribution is -2.33. The molecule has 1 aromatic heterocycles. The monoisotopic (exact) mass is 840 g/mol. The zero-order chi connectivity index (χ0) is 43.7. The van der Waals surface area contributed by atoms with Crippen molar-refractivity contribution in [3.63, 3.8) is 0 Å². The van der Waals surface area contributed by atoms with Gasteiger partial charge in [-0.25, -0.2) is 0 Å². The van der Waals surface area contributed by atoms with Gasteiger partial charge >= 0.3 is 0 Å². The first-order valence-corrected chi connectivity index (χ1v) is 23.2. The number of hydrogen-bond acceptors (Lipinski definition) is 1. The zero-order valence-corrected chi connectivity index (χ0v) is 36.8. The minimum atomic E-state index is -0.545. The number of rotatable bonds is 5. The molecule has 10 aromatic carbocycles. The molecule has 0 amide bonds. The Morgan fingerprint density at radius 2 is 0.924 bits per heavy atom. The normalized spacial score (nSPS) is 14.2. The van der Waals surface area contributed by atoms with Crippen LogP contribution in [0.5, 0.6) is 0 Å². The van der Waals surface area contributed by atoms with Crippen LogP contribution in [0.15, 0.2) is 231 Å². The smallest absolute Gasteiger partial charge is 0.0754 e. The van der Waals surface area contributed by atoms with E-state index in [-0.39, 0.29) is 5.41 Å². The van der Waals surface area contributed by atoms with Crippen molar-refractivity contribution in [1.29, 1.82) is 0 Å². The highest BCUT2D eigenvalue weighted by molar-refractivity contribution is 6.13. The molecule has 3 aliphatic rings. The Balaban J connectivity index is 1.06. The summed E-state index contributed by atoms with van der Waals surface area (Å²) >= 11 is 0. The van der Waals surface area contributed by atoms with Crippen molar-refractivity contribution in [2.75, 3.05) is 4.90 Å². The first-order chi connectivity index (χ1) is 32.5. The first-order valence-electron chi connectivity index (χ1n) is 23.2. The van der Waals surface area contributed by atoms with Gasteiger partial charge in [-0.05, 0) is 115 Å². The van der Waals surface area contributed by atoms with Crippen LogP contribution in [0.1, 0.15) is 47.2 Å². The summed E-state index contributed by atoms with van der Waals surface area (Å²) in [6, 6.07) is 86.4. The van der Waals surface area contributed by atoms with Crippen molar-refractivity contribution < 1.29 is 0 Å². The van der Waals surface area contributed by atoms with E-state index in [1.165, 1.54) is 111 Å². The second-order valence-corrected chi connectivity index (χ2v) is 18.8. The summed E-state index contributed by atoms with van der Waals surface area (Å²) in [5.41, 5.74) is 24.4. The van der Waals surface area contributed by atoms with Gasteiger partial charge in [-0.1, -0.05) is 202 Å². The van der Waals surface area contributed by atoms with Crippen molar-refractivity contribution in [2.45, 2.75) is 24.7 Å². The molecule has 1 aliphatic heterocycles. The summed E-state index contributed by atoms with van der Waals surface area (Å²) in [5, 5.41) is 2.57. The highest BCUT2D eigenvalue weighted by atomic mass is 15.1. The van der Waals surface area contributed by atoms with E-state index >= 15 is 0 Å². The molecule has 0 atom stereocenters. The van der Waals surface area contributed by atoms with E-state index in [9.17, 15) is 0 Å². The van der Waals surface area contributed by atoms with Crippen LogP contribution in [-0.2, 0) is 10.8 Å². The molecule has 0 unspecified atom stereocenters. The fraction of sp³-hybridized carbons (Fsp3) is 0.0625. The van der Waals surface area contributed by atoms with Gasteiger partial charge < -0.3 is 9.47 Å². The highest BCUT2D eigenvalue weighted by Gasteiger charge is 2.51. The Kier molecular flexibility index (Phi) is 7.70. The Morgan fingerprint density at radius 3 is 1.71 bits per heavy atom. The SMILES string of the molecule is CC1(C)c2ccccc2-c2cccc(N(c3cccc(-c4ccccc4)c3)c3ccccc3-c3ccc4c(c3)C3(c5ccccc5-c5ccccc53)c3cccc5c6ccccc6n-4c35)c21. The van der Waals surface area contributed by atoms with Crippen LogP contribution in [-0.4, -0.2) is 4.57 Å². The average Bonchev–Trinajstić information content (AvgIpc) is 3.96. The van der Waals surface area contributed by atoms with E-state index in [0.717, 1.165) is 11.4 Å². The fourth-order valence-electron chi connectivity index (χ4n) is 12.5. The van der Waals surface area contributed by atoms with Crippen LogP contribution >= 0.6 is 0 Å². The minimum absolute atomic E-state index is 0.230. The molecule has 2 nitrogen and oxygen atoms in total. The molecule has 0 saturated carbocycles. The second kappa shape index (κ2) is 13.7. The molecule has 0 fully saturated rings. The lowest BCUT2D eigenvalue weighted by atomic mass is 9.65. The lowest BCUT2D eigenvalue weighted by Gasteiger charge is -2.40. The lowest BCUT2D eigenvalue weighted by molar-refractivity contribution is 0.661. The third-order valence-electron chi connectivity index (χ3n) is 15.2. The van der Waals surface area contributed by atoms with Gasteiger partial charge in [-0.2, -0.15) is 0 Å². The van der Waals surface area contributed by atoms with Crippen LogP contribution in [0.3, 0.4) is 0 Å². The van der Waals surface area contributed by atoms with Crippen LogP contribution in [0.25, 0.3) is 72.0 Å². The maximum Gasteiger partial charge on any atom is 0.0754 e. The Bertz CT molecular complexity index is 3760. The molecule has 66 heavy (non-hydrogen) atoms. The molecule has 1 spiro atoms. The maximum absolute atomic E-state index is 2.55. The zero-order valence-electron chi connectivity index (χ0n) is 36.8. The molecular formula is C64H44N2. The Hall–Kier alpha value is -8.20. The number of benzene rings is 10. The van der Waals surface area contributed by atoms with E-state index in [4.69, 9.17) is 0 Å². The van der Waals surface area contributed by atoms with Gasteiger partial charge in [0.15, 0.2) is 0 Å². The predicted octanol–water partition coefficient (Wildman–Crippen LogP) is 16.6. The summed E-state index contributed by atoms with van der Waals surface area (Å²) in [6.07, 6.45) is 0. The standard InChI is InChI=1S/C64H44N2/c1-63(2)52-30-11-6-26-48(52)50-28-18-36-60(61(50)63)65(44-22-16-21-42(39-44)41-19-4-3-5-20-41)57-34-14-9-23-45(57)43-37-38-59-56(40-43)64(53-31-12-7-24-46(53)47-25-8-13-32-54(47)64)55-33-17-29-51-49-27-10-15-35-58(49)66(59)62(51)55/h3-40H,1-2H3. The summed E-state index contributed by atoms with van der Waals surface area (Å²) in [5.74, 6) is 0. The van der Waals surface area contributed by atoms with E-state index in [2.05, 4.69) is 254 Å². The number of aromatic nitrogens is 1. The minimum Gasteiger partial charge on any atom is -0.310 e. The molecule has 2 heterocycles. The molecular weight excluding hydrogens is 797 g/mol. The van der Waals surface area contributed by atoms with Crippen molar-refractivity contribution in [1.82, 2.24) is 4.57 Å². The largest absolute Gasteiger partial charge is 0.310 e. The molecule has 2 aliphatic carbocycles. The average molecular weight is 841 g/mol. The molecule has 0 N–H and O–H groups in total. The predicted molar refractivity (Wildman–Crippen MR) is 275 cm³/mol. The summed E-state index contributed by atoms with van der Waals surface area (Å²) in [6.45, 7) is 4.79. The third-order valence-corrected chi connectivity index (χ3v) is 15.2. The number of nitrogens with zero attached hydrogens (tertiary/aromatic N) is 2. The summed E-state index contributed by atoms with van der Waals surface area (Å²) in [4.78, 5) is 2.54. The van der Waals surface area contributed by atoms with Gasteiger partial charge in [0, 0.05) is 27.4 Å². The third kappa shape index (κ3) is 4.85. The van der Waals surface area contributed by atoms with Gasteiger partial charge in [0.25, 0.3) is 0 Å². The number of fused-ring (bicyclic) bond motifs is 15. The first kappa shape index (κ1) is 37.2. The van der Waals surface area contributed by atoms with Crippen LogP contribution < -0.4 is 4.90 Å². The van der Waals surface area contributed by atoms with Crippen LogP contribution in [0, 0.1) is 0 Å². The quantitative estimate of drug-likeness (QED) is 0.168. The second-order valence-electron chi connectivity index (χ2n) is 18.8. The van der Waals surface area contributed by atoms with E-state index in [1.54, 1.807) is 0 Å². The van der Waals surface area contributed by atoms with Gasteiger partial charge in [0.2, 0.25) is 0 Å². The van der Waals surface area contributed by atoms with E-state index in [1.807, 2.05) is 0 Å². The van der Waals surface area contributed by atoms with Gasteiger partial charge in [-0.3, -0.25) is 0 Å². The van der Waals surface area contributed by atoms with E-state index in [0.29, 0.717) is 0 Å². The molecule has 310 valence electrons. The van der Waals surface area contributed by atoms with Crippen molar-refractivity contribution in [2.24, 2.45) is 0 Å². The molecule has 0 radical (unpaired) electrons.